The molecule has 0 spiro atoms. The average molecular weight is 370 g/mol. The Morgan fingerprint density at radius 2 is 1.96 bits per heavy atom. The molecule has 26 heavy (non-hydrogen) atoms. The molecule has 0 fully saturated rings. The normalized spacial score (nSPS) is 11.0. The standard InChI is InChI=1S/C21H20ClNO3/c1-4-25-21(24)17(12-23)10-16-11-18(15(3)9-14(16)2)13-26-20-8-6-5-7-19(20)22/h5-11H,4,13H2,1-3H3/b17-10+. The number of nitrogens with zero attached hydrogens (tertiary/aromatic N) is 1. The summed E-state index contributed by atoms with van der Waals surface area (Å²) < 4.78 is 10.7. The first-order chi connectivity index (χ1) is 12.5. The number of benzene rings is 2. The van der Waals surface area contributed by atoms with E-state index in [0.717, 1.165) is 22.3 Å². The van der Waals surface area contributed by atoms with Crippen molar-refractivity contribution in [1.29, 1.82) is 5.26 Å². The lowest BCUT2D eigenvalue weighted by Gasteiger charge is -2.13. The number of carbonyl (C=O) groups excluding carboxylic acids is 1. The third-order valence-electron chi connectivity index (χ3n) is 3.86. The number of hydrogen-bond donors (Lipinski definition) is 0. The molecule has 2 aromatic rings. The van der Waals surface area contributed by atoms with Gasteiger partial charge in [0.25, 0.3) is 0 Å². The van der Waals surface area contributed by atoms with Crippen LogP contribution in [-0.2, 0) is 16.1 Å². The van der Waals surface area contributed by atoms with E-state index in [9.17, 15) is 10.1 Å². The van der Waals surface area contributed by atoms with Crippen LogP contribution < -0.4 is 4.74 Å². The molecule has 0 heterocycles. The number of nitriles is 1. The molecule has 2 aromatic carbocycles. The third-order valence-corrected chi connectivity index (χ3v) is 4.17. The van der Waals surface area contributed by atoms with Gasteiger partial charge in [-0.25, -0.2) is 4.79 Å². The van der Waals surface area contributed by atoms with E-state index in [0.29, 0.717) is 17.4 Å². The molecule has 0 amide bonds. The minimum absolute atomic E-state index is 0.0308. The molecule has 0 aliphatic carbocycles. The lowest BCUT2D eigenvalue weighted by molar-refractivity contribution is -0.137. The van der Waals surface area contributed by atoms with Crippen LogP contribution in [0.1, 0.15) is 29.2 Å². The Hall–Kier alpha value is -2.77. The van der Waals surface area contributed by atoms with Crippen molar-refractivity contribution in [1.82, 2.24) is 0 Å². The second-order valence-corrected chi connectivity index (χ2v) is 6.15. The quantitative estimate of drug-likeness (QED) is 0.408. The number of ether oxygens (including phenoxy) is 2. The monoisotopic (exact) mass is 369 g/mol. The van der Waals surface area contributed by atoms with Crippen molar-refractivity contribution < 1.29 is 14.3 Å². The summed E-state index contributed by atoms with van der Waals surface area (Å²) >= 11 is 6.12. The zero-order chi connectivity index (χ0) is 19.1. The summed E-state index contributed by atoms with van der Waals surface area (Å²) in [6, 6.07) is 13.1. The number of para-hydroxylation sites is 1. The molecular weight excluding hydrogens is 350 g/mol. The number of carbonyl (C=O) groups is 1. The summed E-state index contributed by atoms with van der Waals surface area (Å²) in [6.45, 7) is 6.17. The predicted molar refractivity (Wildman–Crippen MR) is 102 cm³/mol. The minimum Gasteiger partial charge on any atom is -0.487 e. The van der Waals surface area contributed by atoms with E-state index < -0.39 is 5.97 Å². The van der Waals surface area contributed by atoms with Crippen LogP contribution in [0.4, 0.5) is 0 Å². The highest BCUT2D eigenvalue weighted by atomic mass is 35.5. The first-order valence-corrected chi connectivity index (χ1v) is 8.60. The topological polar surface area (TPSA) is 59.3 Å². The Labute approximate surface area is 158 Å². The number of esters is 1. The molecule has 0 radical (unpaired) electrons. The van der Waals surface area contributed by atoms with Crippen LogP contribution in [0.15, 0.2) is 42.0 Å². The van der Waals surface area contributed by atoms with Crippen molar-refractivity contribution in [3.8, 4) is 11.8 Å². The van der Waals surface area contributed by atoms with Crippen molar-refractivity contribution in [2.75, 3.05) is 6.61 Å². The number of aryl methyl sites for hydroxylation is 2. The van der Waals surface area contributed by atoms with E-state index in [-0.39, 0.29) is 12.2 Å². The van der Waals surface area contributed by atoms with Gasteiger partial charge in [-0.3, -0.25) is 0 Å². The molecule has 0 aliphatic heterocycles. The van der Waals surface area contributed by atoms with Gasteiger partial charge in [0.1, 0.15) is 24.0 Å². The van der Waals surface area contributed by atoms with Crippen LogP contribution in [0.5, 0.6) is 5.75 Å². The summed E-state index contributed by atoms with van der Waals surface area (Å²) in [5.74, 6) is -0.0145. The molecule has 5 heteroatoms. The molecule has 0 aromatic heterocycles. The van der Waals surface area contributed by atoms with Crippen LogP contribution in [0, 0.1) is 25.2 Å². The van der Waals surface area contributed by atoms with Gasteiger partial charge in [0.05, 0.1) is 11.6 Å². The predicted octanol–water partition coefficient (Wildman–Crippen LogP) is 5.01. The molecular formula is C21H20ClNO3. The molecule has 0 saturated heterocycles. The fourth-order valence-corrected chi connectivity index (χ4v) is 2.64. The first kappa shape index (κ1) is 19.6. The van der Waals surface area contributed by atoms with Crippen LogP contribution in [-0.4, -0.2) is 12.6 Å². The van der Waals surface area contributed by atoms with Crippen LogP contribution in [0.2, 0.25) is 5.02 Å². The van der Waals surface area contributed by atoms with Gasteiger partial charge in [0.2, 0.25) is 0 Å². The van der Waals surface area contributed by atoms with Crippen LogP contribution >= 0.6 is 11.6 Å². The number of rotatable bonds is 6. The molecule has 0 N–H and O–H groups in total. The van der Waals surface area contributed by atoms with Crippen LogP contribution in [0.25, 0.3) is 6.08 Å². The molecule has 0 unspecified atom stereocenters. The zero-order valence-electron chi connectivity index (χ0n) is 15.0. The van der Waals surface area contributed by atoms with E-state index >= 15 is 0 Å². The van der Waals surface area contributed by atoms with Crippen molar-refractivity contribution in [2.45, 2.75) is 27.4 Å². The largest absolute Gasteiger partial charge is 0.487 e. The summed E-state index contributed by atoms with van der Waals surface area (Å²) in [5, 5.41) is 9.77. The Morgan fingerprint density at radius 3 is 2.62 bits per heavy atom. The van der Waals surface area contributed by atoms with Gasteiger partial charge >= 0.3 is 5.97 Å². The lowest BCUT2D eigenvalue weighted by Crippen LogP contribution is -2.06. The Kier molecular flexibility index (Phi) is 6.82. The molecule has 2 rings (SSSR count). The van der Waals surface area contributed by atoms with E-state index in [1.165, 1.54) is 0 Å². The van der Waals surface area contributed by atoms with E-state index in [4.69, 9.17) is 21.1 Å². The molecule has 4 nitrogen and oxygen atoms in total. The van der Waals surface area contributed by atoms with Gasteiger partial charge in [-0.05, 0) is 67.3 Å². The third kappa shape index (κ3) is 4.87. The highest BCUT2D eigenvalue weighted by molar-refractivity contribution is 6.32. The van der Waals surface area contributed by atoms with Crippen LogP contribution in [0.3, 0.4) is 0 Å². The second-order valence-electron chi connectivity index (χ2n) is 5.74. The smallest absolute Gasteiger partial charge is 0.348 e. The Morgan fingerprint density at radius 1 is 1.23 bits per heavy atom. The zero-order valence-corrected chi connectivity index (χ0v) is 15.8. The van der Waals surface area contributed by atoms with Crippen molar-refractivity contribution in [3.05, 3.63) is 69.2 Å². The molecule has 0 atom stereocenters. The lowest BCUT2D eigenvalue weighted by atomic mass is 9.98. The average Bonchev–Trinajstić information content (AvgIpc) is 2.61. The van der Waals surface area contributed by atoms with Gasteiger partial charge in [-0.2, -0.15) is 5.26 Å². The molecule has 0 bridgehead atoms. The van der Waals surface area contributed by atoms with Gasteiger partial charge in [0.15, 0.2) is 0 Å². The maximum Gasteiger partial charge on any atom is 0.348 e. The van der Waals surface area contributed by atoms with Gasteiger partial charge in [-0.1, -0.05) is 29.8 Å². The maximum absolute atomic E-state index is 11.8. The van der Waals surface area contributed by atoms with E-state index in [1.807, 2.05) is 44.2 Å². The SMILES string of the molecule is CCOC(=O)/C(C#N)=C/c1cc(COc2ccccc2Cl)c(C)cc1C. The maximum atomic E-state index is 11.8. The minimum atomic E-state index is -0.621. The highest BCUT2D eigenvalue weighted by Crippen LogP contribution is 2.26. The van der Waals surface area contributed by atoms with Crippen molar-refractivity contribution in [2.24, 2.45) is 0 Å². The Balaban J connectivity index is 2.30. The van der Waals surface area contributed by atoms with Crippen molar-refractivity contribution in [3.63, 3.8) is 0 Å². The molecule has 0 saturated carbocycles. The summed E-state index contributed by atoms with van der Waals surface area (Å²) in [6.07, 6.45) is 1.55. The first-order valence-electron chi connectivity index (χ1n) is 8.22. The van der Waals surface area contributed by atoms with Gasteiger partial charge in [0, 0.05) is 0 Å². The molecule has 0 aliphatic rings. The second kappa shape index (κ2) is 9.07. The number of hydrogen-bond acceptors (Lipinski definition) is 4. The van der Waals surface area contributed by atoms with E-state index in [1.54, 1.807) is 25.1 Å². The fourth-order valence-electron chi connectivity index (χ4n) is 2.45. The highest BCUT2D eigenvalue weighted by Gasteiger charge is 2.12. The Bertz CT molecular complexity index is 881. The fraction of sp³-hybridized carbons (Fsp3) is 0.238. The van der Waals surface area contributed by atoms with Gasteiger partial charge in [-0.15, -0.1) is 0 Å². The number of halogens is 1. The summed E-state index contributed by atoms with van der Waals surface area (Å²) in [5.41, 5.74) is 3.71. The summed E-state index contributed by atoms with van der Waals surface area (Å²) in [7, 11) is 0. The molecule has 134 valence electrons. The van der Waals surface area contributed by atoms with Gasteiger partial charge < -0.3 is 9.47 Å². The van der Waals surface area contributed by atoms with Crippen molar-refractivity contribution >= 4 is 23.6 Å². The summed E-state index contributed by atoms with van der Waals surface area (Å²) in [4.78, 5) is 11.8. The van der Waals surface area contributed by atoms with E-state index in [2.05, 4.69) is 0 Å².